The van der Waals surface area contributed by atoms with Crippen molar-refractivity contribution in [3.8, 4) is 11.5 Å². The van der Waals surface area contributed by atoms with Gasteiger partial charge in [-0.05, 0) is 19.1 Å². The fraction of sp³-hybridized carbons (Fsp3) is 0.231. The van der Waals surface area contributed by atoms with Gasteiger partial charge >= 0.3 is 0 Å². The van der Waals surface area contributed by atoms with Gasteiger partial charge in [-0.3, -0.25) is 4.79 Å². The van der Waals surface area contributed by atoms with Crippen LogP contribution in [-0.4, -0.2) is 29.9 Å². The van der Waals surface area contributed by atoms with E-state index in [4.69, 9.17) is 21.1 Å². The van der Waals surface area contributed by atoms with E-state index in [2.05, 4.69) is 10.3 Å². The molecule has 2 aliphatic rings. The summed E-state index contributed by atoms with van der Waals surface area (Å²) in [5.41, 5.74) is 0.869. The molecule has 0 spiro atoms. The number of aliphatic hydroxyl groups excluding tert-OH is 1. The van der Waals surface area contributed by atoms with E-state index < -0.39 is 12.3 Å². The molecule has 1 unspecified atom stereocenters. The lowest BCUT2D eigenvalue weighted by molar-refractivity contribution is -0.120. The number of fused-ring (bicyclic) bond motifs is 2. The number of benzene rings is 1. The van der Waals surface area contributed by atoms with Crippen LogP contribution in [-0.2, 0) is 4.79 Å². The SMILES string of the molecule is CCOc1cc(Cl)cc2c1OC1=NC(O)NC(=O)C1=C2. The number of carbonyl (C=O) groups is 1. The van der Waals surface area contributed by atoms with Gasteiger partial charge < -0.3 is 19.9 Å². The summed E-state index contributed by atoms with van der Waals surface area (Å²) in [5, 5.41) is 12.2. The van der Waals surface area contributed by atoms with Crippen LogP contribution in [0, 0.1) is 0 Å². The second-order valence-electron chi connectivity index (χ2n) is 4.20. The number of aliphatic hydroxyl groups is 1. The number of ether oxygens (including phenoxy) is 2. The molecule has 20 heavy (non-hydrogen) atoms. The van der Waals surface area contributed by atoms with Crippen molar-refractivity contribution < 1.29 is 19.4 Å². The largest absolute Gasteiger partial charge is 0.490 e. The summed E-state index contributed by atoms with van der Waals surface area (Å²) in [6, 6.07) is 3.30. The average molecular weight is 295 g/mol. The highest BCUT2D eigenvalue weighted by Gasteiger charge is 2.31. The molecular formula is C13H11ClN2O4. The summed E-state index contributed by atoms with van der Waals surface area (Å²) >= 11 is 6.02. The molecule has 0 aliphatic carbocycles. The number of halogens is 1. The molecule has 0 bridgehead atoms. The van der Waals surface area contributed by atoms with Gasteiger partial charge in [-0.25, -0.2) is 0 Å². The van der Waals surface area contributed by atoms with Crippen molar-refractivity contribution in [3.05, 3.63) is 28.3 Å². The van der Waals surface area contributed by atoms with E-state index in [1.807, 2.05) is 6.92 Å². The normalized spacial score (nSPS) is 19.9. The molecular weight excluding hydrogens is 284 g/mol. The molecule has 1 amide bonds. The number of aliphatic imine (C=N–C) groups is 1. The first-order valence-electron chi connectivity index (χ1n) is 6.01. The van der Waals surface area contributed by atoms with Crippen molar-refractivity contribution in [1.82, 2.24) is 5.32 Å². The van der Waals surface area contributed by atoms with Gasteiger partial charge in [0.1, 0.15) is 5.57 Å². The van der Waals surface area contributed by atoms with Gasteiger partial charge in [0.05, 0.1) is 6.61 Å². The second kappa shape index (κ2) is 4.81. The van der Waals surface area contributed by atoms with Gasteiger partial charge in [-0.1, -0.05) is 11.6 Å². The number of rotatable bonds is 2. The maximum absolute atomic E-state index is 11.8. The van der Waals surface area contributed by atoms with Crippen LogP contribution >= 0.6 is 11.6 Å². The molecule has 104 valence electrons. The van der Waals surface area contributed by atoms with Crippen LogP contribution in [0.3, 0.4) is 0 Å². The van der Waals surface area contributed by atoms with Crippen molar-refractivity contribution in [2.24, 2.45) is 4.99 Å². The number of hydrogen-bond donors (Lipinski definition) is 2. The Morgan fingerprint density at radius 3 is 3.10 bits per heavy atom. The summed E-state index contributed by atoms with van der Waals surface area (Å²) < 4.78 is 11.1. The molecule has 2 N–H and O–H groups in total. The number of carbonyl (C=O) groups excluding carboxylic acids is 1. The summed E-state index contributed by atoms with van der Waals surface area (Å²) in [5.74, 6) is 0.511. The Morgan fingerprint density at radius 1 is 1.55 bits per heavy atom. The zero-order valence-electron chi connectivity index (χ0n) is 10.5. The molecule has 0 saturated heterocycles. The highest BCUT2D eigenvalue weighted by molar-refractivity contribution is 6.31. The minimum absolute atomic E-state index is 0.0667. The van der Waals surface area contributed by atoms with E-state index in [1.165, 1.54) is 0 Å². The van der Waals surface area contributed by atoms with Crippen LogP contribution < -0.4 is 14.8 Å². The van der Waals surface area contributed by atoms with Crippen molar-refractivity contribution in [1.29, 1.82) is 0 Å². The van der Waals surface area contributed by atoms with E-state index >= 15 is 0 Å². The molecule has 2 heterocycles. The molecule has 0 fully saturated rings. The highest BCUT2D eigenvalue weighted by atomic mass is 35.5. The van der Waals surface area contributed by atoms with Gasteiger partial charge in [0.25, 0.3) is 5.91 Å². The predicted molar refractivity (Wildman–Crippen MR) is 72.8 cm³/mol. The first kappa shape index (κ1) is 13.0. The van der Waals surface area contributed by atoms with Crippen molar-refractivity contribution in [2.45, 2.75) is 13.3 Å². The molecule has 2 aliphatic heterocycles. The standard InChI is InChI=1S/C13H11ClN2O4/c1-2-19-9-5-7(14)3-6-4-8-11(17)15-13(18)16-12(8)20-10(6)9/h3-5,13,18H,2H2,1H3,(H,15,17). The predicted octanol–water partition coefficient (Wildman–Crippen LogP) is 1.32. The maximum Gasteiger partial charge on any atom is 0.260 e. The van der Waals surface area contributed by atoms with E-state index in [0.29, 0.717) is 28.7 Å². The molecule has 6 nitrogen and oxygen atoms in total. The Labute approximate surface area is 119 Å². The lowest BCUT2D eigenvalue weighted by atomic mass is 10.0. The number of hydrogen-bond acceptors (Lipinski definition) is 5. The van der Waals surface area contributed by atoms with E-state index in [1.54, 1.807) is 18.2 Å². The van der Waals surface area contributed by atoms with Crippen molar-refractivity contribution in [2.75, 3.05) is 6.61 Å². The molecule has 0 aromatic heterocycles. The topological polar surface area (TPSA) is 80.2 Å². The first-order chi connectivity index (χ1) is 9.58. The molecule has 7 heteroatoms. The molecule has 1 atom stereocenters. The third-order valence-electron chi connectivity index (χ3n) is 2.82. The van der Waals surface area contributed by atoms with Crippen LogP contribution in [0.2, 0.25) is 5.02 Å². The van der Waals surface area contributed by atoms with Crippen LogP contribution in [0.1, 0.15) is 12.5 Å². The Kier molecular flexibility index (Phi) is 3.11. The molecule has 3 rings (SSSR count). The second-order valence-corrected chi connectivity index (χ2v) is 4.63. The third-order valence-corrected chi connectivity index (χ3v) is 3.04. The number of amides is 1. The average Bonchev–Trinajstić information content (AvgIpc) is 2.38. The minimum Gasteiger partial charge on any atom is -0.490 e. The smallest absolute Gasteiger partial charge is 0.260 e. The summed E-state index contributed by atoms with van der Waals surface area (Å²) in [4.78, 5) is 15.6. The van der Waals surface area contributed by atoms with E-state index in [0.717, 1.165) is 0 Å². The fourth-order valence-corrected chi connectivity index (χ4v) is 2.25. The van der Waals surface area contributed by atoms with E-state index in [-0.39, 0.29) is 11.5 Å². The Bertz CT molecular complexity index is 654. The number of nitrogens with zero attached hydrogens (tertiary/aromatic N) is 1. The van der Waals surface area contributed by atoms with Crippen LogP contribution in [0.15, 0.2) is 22.7 Å². The Morgan fingerprint density at radius 2 is 2.35 bits per heavy atom. The minimum atomic E-state index is -1.31. The monoisotopic (exact) mass is 294 g/mol. The van der Waals surface area contributed by atoms with Crippen molar-refractivity contribution in [3.63, 3.8) is 0 Å². The third kappa shape index (κ3) is 2.13. The molecule has 0 radical (unpaired) electrons. The summed E-state index contributed by atoms with van der Waals surface area (Å²) in [7, 11) is 0. The van der Waals surface area contributed by atoms with Crippen LogP contribution in [0.25, 0.3) is 6.08 Å². The van der Waals surface area contributed by atoms with Gasteiger partial charge in [0.2, 0.25) is 12.2 Å². The maximum atomic E-state index is 11.8. The van der Waals surface area contributed by atoms with Gasteiger partial charge in [0, 0.05) is 16.7 Å². The zero-order valence-corrected chi connectivity index (χ0v) is 11.3. The first-order valence-corrected chi connectivity index (χ1v) is 6.39. The summed E-state index contributed by atoms with van der Waals surface area (Å²) in [6.45, 7) is 2.29. The van der Waals surface area contributed by atoms with Crippen molar-refractivity contribution >= 4 is 29.5 Å². The zero-order chi connectivity index (χ0) is 14.3. The lowest BCUT2D eigenvalue weighted by Gasteiger charge is -2.25. The van der Waals surface area contributed by atoms with Gasteiger partial charge in [0.15, 0.2) is 11.5 Å². The molecule has 1 aromatic rings. The number of nitrogens with one attached hydrogen (secondary N) is 1. The van der Waals surface area contributed by atoms with E-state index in [9.17, 15) is 9.90 Å². The van der Waals surface area contributed by atoms with Crippen LogP contribution in [0.5, 0.6) is 11.5 Å². The van der Waals surface area contributed by atoms with Crippen LogP contribution in [0.4, 0.5) is 0 Å². The Balaban J connectivity index is 2.14. The highest BCUT2D eigenvalue weighted by Crippen LogP contribution is 2.39. The fourth-order valence-electron chi connectivity index (χ4n) is 2.03. The summed E-state index contributed by atoms with van der Waals surface area (Å²) in [6.07, 6.45) is 0.298. The Hall–Kier alpha value is -2.05. The lowest BCUT2D eigenvalue weighted by Crippen LogP contribution is -2.43. The molecule has 0 saturated carbocycles. The van der Waals surface area contributed by atoms with Gasteiger partial charge in [-0.15, -0.1) is 0 Å². The molecule has 1 aromatic carbocycles. The quantitative estimate of drug-likeness (QED) is 0.862. The van der Waals surface area contributed by atoms with Gasteiger partial charge in [-0.2, -0.15) is 4.99 Å².